The number of aryl methyl sites for hydroxylation is 1. The van der Waals surface area contributed by atoms with E-state index in [2.05, 4.69) is 41.1 Å². The average molecular weight is 849 g/mol. The number of benzene rings is 2. The maximum Gasteiger partial charge on any atom is 0.407 e. The number of carbonyl (C=O) groups excluding carboxylic acids is 4. The molecule has 5 N–H and O–H groups in total. The third-order valence-electron chi connectivity index (χ3n) is 12.3. The van der Waals surface area contributed by atoms with Crippen molar-refractivity contribution in [3.8, 4) is 22.5 Å². The first kappa shape index (κ1) is 44.5. The van der Waals surface area contributed by atoms with Gasteiger partial charge in [-0.05, 0) is 144 Å². The topological polar surface area (TPSA) is 211 Å². The highest BCUT2D eigenvalue weighted by atomic mass is 16.6. The molecule has 0 spiro atoms. The number of rotatable bonds is 12. The summed E-state index contributed by atoms with van der Waals surface area (Å²) in [6.45, 7) is 11.4. The van der Waals surface area contributed by atoms with Crippen LogP contribution in [-0.2, 0) is 25.5 Å². The van der Waals surface area contributed by atoms with Crippen LogP contribution in [0.15, 0.2) is 60.8 Å². The predicted molar refractivity (Wildman–Crippen MR) is 234 cm³/mol. The number of ether oxygens (including phenoxy) is 2. The molecule has 1 atom stereocenters. The minimum absolute atomic E-state index is 0.141. The lowest BCUT2D eigenvalue weighted by Gasteiger charge is -2.38. The quantitative estimate of drug-likeness (QED) is 0.142. The Labute approximate surface area is 363 Å². The highest BCUT2D eigenvalue weighted by molar-refractivity contribution is 6.17. The number of anilines is 1. The Morgan fingerprint density at radius 1 is 0.935 bits per heavy atom. The van der Waals surface area contributed by atoms with Gasteiger partial charge < -0.3 is 25.8 Å². The van der Waals surface area contributed by atoms with Gasteiger partial charge in [0.25, 0.3) is 11.8 Å². The summed E-state index contributed by atoms with van der Waals surface area (Å²) < 4.78 is 10.9. The van der Waals surface area contributed by atoms with Crippen LogP contribution >= 0.6 is 0 Å². The third kappa shape index (κ3) is 11.5. The molecule has 3 heterocycles. The van der Waals surface area contributed by atoms with Crippen molar-refractivity contribution in [2.45, 2.75) is 109 Å². The zero-order valence-corrected chi connectivity index (χ0v) is 36.3. The number of aromatic nitrogens is 5. The van der Waals surface area contributed by atoms with Crippen LogP contribution in [0.3, 0.4) is 0 Å². The number of hydrogen-bond acceptors (Lipinski definition) is 12. The van der Waals surface area contributed by atoms with Gasteiger partial charge in [0.15, 0.2) is 0 Å². The Hall–Kier alpha value is -5.58. The molecule has 4 amide bonds. The molecule has 16 heteroatoms. The van der Waals surface area contributed by atoms with Crippen molar-refractivity contribution in [1.82, 2.24) is 41.1 Å². The number of pyridine rings is 1. The molecule has 4 aromatic rings. The van der Waals surface area contributed by atoms with E-state index in [9.17, 15) is 19.2 Å². The summed E-state index contributed by atoms with van der Waals surface area (Å²) in [7, 11) is 0. The van der Waals surface area contributed by atoms with Gasteiger partial charge in [0.2, 0.25) is 11.7 Å². The van der Waals surface area contributed by atoms with Crippen LogP contribution in [0, 0.1) is 18.8 Å². The van der Waals surface area contributed by atoms with Gasteiger partial charge in [-0.3, -0.25) is 24.3 Å². The molecule has 2 saturated carbocycles. The lowest BCUT2D eigenvalue weighted by molar-refractivity contribution is -0.130. The summed E-state index contributed by atoms with van der Waals surface area (Å²) in [4.78, 5) is 62.3. The zero-order chi connectivity index (χ0) is 43.8. The monoisotopic (exact) mass is 848 g/mol. The molecule has 0 unspecified atom stereocenters. The fourth-order valence-electron chi connectivity index (χ4n) is 8.84. The van der Waals surface area contributed by atoms with Crippen molar-refractivity contribution in [2.75, 3.05) is 37.7 Å². The number of nitrogens with zero attached hydrogens (tertiary/aromatic N) is 6. The molecular weight excluding hydrogens is 789 g/mol. The van der Waals surface area contributed by atoms with Crippen LogP contribution in [0.1, 0.15) is 93.8 Å². The number of morpholine rings is 1. The van der Waals surface area contributed by atoms with Crippen molar-refractivity contribution in [1.29, 1.82) is 0 Å². The van der Waals surface area contributed by atoms with E-state index < -0.39 is 29.6 Å². The molecule has 2 aliphatic carbocycles. The highest BCUT2D eigenvalue weighted by Crippen LogP contribution is 2.33. The average Bonchev–Trinajstić information content (AvgIpc) is 3.82. The molecule has 62 heavy (non-hydrogen) atoms. The summed E-state index contributed by atoms with van der Waals surface area (Å²) in [5, 5.41) is 20.2. The second-order valence-corrected chi connectivity index (χ2v) is 17.9. The predicted octanol–water partition coefficient (Wildman–Crippen LogP) is 5.37. The second-order valence-electron chi connectivity index (χ2n) is 17.9. The van der Waals surface area contributed by atoms with E-state index in [0.29, 0.717) is 61.0 Å². The van der Waals surface area contributed by atoms with Crippen molar-refractivity contribution in [3.05, 3.63) is 77.6 Å². The minimum atomic E-state index is -1.01. The summed E-state index contributed by atoms with van der Waals surface area (Å²) in [6, 6.07) is 16.2. The molecule has 0 bridgehead atoms. The van der Waals surface area contributed by atoms with Crippen LogP contribution in [0.5, 0.6) is 0 Å². The van der Waals surface area contributed by atoms with E-state index in [1.54, 1.807) is 30.5 Å². The maximum absolute atomic E-state index is 14.3. The molecule has 0 radical (unpaired) electrons. The molecule has 7 rings (SSSR count). The Kier molecular flexibility index (Phi) is 14.4. The SMILES string of the molecule is Cc1cc(C(=O)NC2CCC(N3CCOCC3)CC2)ncc1-c1ccc(C[C@H](N)C(=O)N(C(=O)C2CCC(CNC(=O)OC(C)(C)C)CC2)c2ccc(-c3nn[nH]n3)cc2)cc1. The molecule has 1 aliphatic heterocycles. The number of tetrazole rings is 1. The van der Waals surface area contributed by atoms with E-state index in [1.807, 2.05) is 58.0 Å². The normalized spacial score (nSPS) is 21.4. The highest BCUT2D eigenvalue weighted by Gasteiger charge is 2.36. The molecular formula is C46H60N10O6. The van der Waals surface area contributed by atoms with Gasteiger partial charge in [-0.1, -0.05) is 24.3 Å². The van der Waals surface area contributed by atoms with E-state index in [1.165, 1.54) is 4.90 Å². The zero-order valence-electron chi connectivity index (χ0n) is 36.3. The van der Waals surface area contributed by atoms with Crippen molar-refractivity contribution < 1.29 is 28.7 Å². The van der Waals surface area contributed by atoms with Gasteiger partial charge in [-0.15, -0.1) is 10.2 Å². The summed E-state index contributed by atoms with van der Waals surface area (Å²) in [6.07, 6.45) is 8.09. The summed E-state index contributed by atoms with van der Waals surface area (Å²) >= 11 is 0. The number of amides is 4. The molecule has 330 valence electrons. The lowest BCUT2D eigenvalue weighted by atomic mass is 9.81. The molecule has 3 aliphatic rings. The maximum atomic E-state index is 14.3. The van der Waals surface area contributed by atoms with E-state index in [4.69, 9.17) is 15.2 Å². The van der Waals surface area contributed by atoms with Crippen LogP contribution in [-0.4, -0.2) is 111 Å². The third-order valence-corrected chi connectivity index (χ3v) is 12.3. The molecule has 3 fully saturated rings. The van der Waals surface area contributed by atoms with E-state index in [0.717, 1.165) is 74.2 Å². The number of H-pyrrole nitrogens is 1. The van der Waals surface area contributed by atoms with Crippen molar-refractivity contribution in [3.63, 3.8) is 0 Å². The van der Waals surface area contributed by atoms with Gasteiger partial charge in [0.1, 0.15) is 11.3 Å². The standard InChI is InChI=1S/C46H60N10O6/c1-29-25-40(42(57)50-35-15-19-36(20-16-35)55-21-23-61-24-22-55)48-28-38(29)32-9-5-30(6-10-32)26-39(47)44(59)56(37-17-13-33(14-18-37)41-51-53-54-52-41)43(58)34-11-7-31(8-12-34)27-49-45(60)62-46(2,3)4/h5-6,9-10,13-14,17-18,25,28,31,34-36,39H,7-8,11-12,15-16,19-24,26-27,47H2,1-4H3,(H,49,60)(H,50,57)(H,51,52,53,54)/t31?,34?,35?,36?,39-/m0/s1. The van der Waals surface area contributed by atoms with Gasteiger partial charge in [-0.2, -0.15) is 5.21 Å². The number of aromatic amines is 1. The first-order valence-corrected chi connectivity index (χ1v) is 21.9. The second kappa shape index (κ2) is 20.1. The number of nitrogens with one attached hydrogen (secondary N) is 3. The van der Waals surface area contributed by atoms with Crippen LogP contribution in [0.4, 0.5) is 10.5 Å². The summed E-state index contributed by atoms with van der Waals surface area (Å²) in [5.41, 5.74) is 11.1. The fraction of sp³-hybridized carbons (Fsp3) is 0.522. The molecule has 1 saturated heterocycles. The Morgan fingerprint density at radius 3 is 2.24 bits per heavy atom. The van der Waals surface area contributed by atoms with Crippen molar-refractivity contribution in [2.24, 2.45) is 17.6 Å². The Morgan fingerprint density at radius 2 is 1.61 bits per heavy atom. The van der Waals surface area contributed by atoms with Crippen LogP contribution in [0.2, 0.25) is 0 Å². The van der Waals surface area contributed by atoms with Gasteiger partial charge in [0.05, 0.1) is 24.9 Å². The molecule has 2 aromatic heterocycles. The number of hydrogen-bond donors (Lipinski definition) is 4. The molecule has 2 aromatic carbocycles. The number of carbonyl (C=O) groups is 4. The smallest absolute Gasteiger partial charge is 0.407 e. The molecule has 16 nitrogen and oxygen atoms in total. The van der Waals surface area contributed by atoms with Gasteiger partial charge in [-0.25, -0.2) is 9.69 Å². The van der Waals surface area contributed by atoms with Crippen LogP contribution < -0.4 is 21.3 Å². The first-order chi connectivity index (χ1) is 29.8. The van der Waals surface area contributed by atoms with Gasteiger partial charge >= 0.3 is 6.09 Å². The van der Waals surface area contributed by atoms with Gasteiger partial charge in [0, 0.05) is 55.0 Å². The summed E-state index contributed by atoms with van der Waals surface area (Å²) in [5.74, 6) is -0.774. The van der Waals surface area contributed by atoms with E-state index in [-0.39, 0.29) is 30.2 Å². The largest absolute Gasteiger partial charge is 0.444 e. The number of alkyl carbamates (subject to hydrolysis) is 1. The van der Waals surface area contributed by atoms with Crippen molar-refractivity contribution >= 4 is 29.5 Å². The number of imide groups is 1. The number of nitrogens with two attached hydrogens (primary N) is 1. The minimum Gasteiger partial charge on any atom is -0.444 e. The lowest BCUT2D eigenvalue weighted by Crippen LogP contribution is -2.50. The van der Waals surface area contributed by atoms with E-state index >= 15 is 0 Å². The Balaban J connectivity index is 0.966. The fourth-order valence-corrected chi connectivity index (χ4v) is 8.84. The Bertz CT molecular complexity index is 2140. The van der Waals surface area contributed by atoms with Crippen LogP contribution in [0.25, 0.3) is 22.5 Å². The first-order valence-electron chi connectivity index (χ1n) is 21.9.